The summed E-state index contributed by atoms with van der Waals surface area (Å²) in [5.74, 6) is 1.74. The lowest BCUT2D eigenvalue weighted by molar-refractivity contribution is 0.123. The van der Waals surface area contributed by atoms with Crippen molar-refractivity contribution in [2.75, 3.05) is 64.4 Å². The molecule has 0 radical (unpaired) electrons. The van der Waals surface area contributed by atoms with Gasteiger partial charge in [-0.2, -0.15) is 5.10 Å². The zero-order chi connectivity index (χ0) is 23.8. The maximum absolute atomic E-state index is 5.61. The smallest absolute Gasteiger partial charge is 0.182 e. The number of nitrogens with one attached hydrogen (secondary N) is 1. The highest BCUT2D eigenvalue weighted by Gasteiger charge is 2.21. The first-order chi connectivity index (χ1) is 17.1. The van der Waals surface area contributed by atoms with E-state index in [0.29, 0.717) is 0 Å². The number of rotatable bonds is 5. The molecule has 0 atom stereocenters. The number of aromatic amines is 1. The van der Waals surface area contributed by atoms with Crippen molar-refractivity contribution in [3.63, 3.8) is 0 Å². The minimum absolute atomic E-state index is 0.723. The maximum atomic E-state index is 5.61. The first-order valence-electron chi connectivity index (χ1n) is 12.4. The standard InChI is InChI=1S/C26H32N8O/c1-19-4-3-5-20(16-19)21-6-7-34(30-21)24-17-22(33-12-14-35-15-13-33)25-26(29-24)28-23(27-25)18-32-10-8-31(2)9-11-32/h3-7,16-17H,8-15,18H2,1-2H3,(H,27,28,29). The molecule has 0 spiro atoms. The Balaban J connectivity index is 1.36. The Labute approximate surface area is 205 Å². The Kier molecular flexibility index (Phi) is 5.97. The number of imidazole rings is 1. The number of ether oxygens (including phenoxy) is 1. The maximum Gasteiger partial charge on any atom is 0.182 e. The normalized spacial score (nSPS) is 17.9. The molecule has 2 fully saturated rings. The molecule has 0 amide bonds. The third kappa shape index (κ3) is 4.67. The van der Waals surface area contributed by atoms with Crippen LogP contribution in [0.4, 0.5) is 5.69 Å². The molecule has 1 aromatic carbocycles. The van der Waals surface area contributed by atoms with Crippen molar-refractivity contribution < 1.29 is 4.74 Å². The van der Waals surface area contributed by atoms with E-state index in [1.807, 2.05) is 16.9 Å². The molecule has 182 valence electrons. The monoisotopic (exact) mass is 472 g/mol. The van der Waals surface area contributed by atoms with E-state index in [-0.39, 0.29) is 0 Å². The molecule has 2 saturated heterocycles. The summed E-state index contributed by atoms with van der Waals surface area (Å²) in [5, 5.41) is 4.85. The zero-order valence-corrected chi connectivity index (χ0v) is 20.4. The highest BCUT2D eigenvalue weighted by Crippen LogP contribution is 2.28. The lowest BCUT2D eigenvalue weighted by atomic mass is 10.1. The molecule has 0 bridgehead atoms. The predicted molar refractivity (Wildman–Crippen MR) is 137 cm³/mol. The summed E-state index contributed by atoms with van der Waals surface area (Å²) < 4.78 is 7.47. The molecule has 3 aromatic heterocycles. The van der Waals surface area contributed by atoms with Gasteiger partial charge in [-0.05, 0) is 26.1 Å². The van der Waals surface area contributed by atoms with Gasteiger partial charge in [0.05, 0.1) is 31.1 Å². The molecule has 4 aromatic rings. The van der Waals surface area contributed by atoms with Crippen LogP contribution in [0, 0.1) is 6.92 Å². The van der Waals surface area contributed by atoms with Crippen molar-refractivity contribution in [3.8, 4) is 17.1 Å². The number of aryl methyl sites for hydroxylation is 1. The summed E-state index contributed by atoms with van der Waals surface area (Å²) in [6, 6.07) is 12.6. The second-order valence-corrected chi connectivity index (χ2v) is 9.58. The molecule has 6 rings (SSSR count). The van der Waals surface area contributed by atoms with Gasteiger partial charge >= 0.3 is 0 Å². The molecule has 5 heterocycles. The van der Waals surface area contributed by atoms with Crippen LogP contribution in [-0.2, 0) is 11.3 Å². The second-order valence-electron chi connectivity index (χ2n) is 9.58. The number of likely N-dealkylation sites (N-methyl/N-ethyl adjacent to an activating group) is 1. The van der Waals surface area contributed by atoms with Crippen molar-refractivity contribution in [1.29, 1.82) is 0 Å². The third-order valence-corrected chi connectivity index (χ3v) is 6.93. The van der Waals surface area contributed by atoms with Crippen LogP contribution in [0.15, 0.2) is 42.6 Å². The molecular formula is C26H32N8O. The molecule has 9 heteroatoms. The van der Waals surface area contributed by atoms with E-state index in [1.54, 1.807) is 0 Å². The van der Waals surface area contributed by atoms with Gasteiger partial charge in [-0.1, -0.05) is 23.8 Å². The quantitative estimate of drug-likeness (QED) is 0.479. The van der Waals surface area contributed by atoms with Gasteiger partial charge in [0, 0.05) is 57.1 Å². The van der Waals surface area contributed by atoms with E-state index in [1.165, 1.54) is 5.56 Å². The van der Waals surface area contributed by atoms with E-state index in [0.717, 1.165) is 98.8 Å². The second kappa shape index (κ2) is 9.41. The van der Waals surface area contributed by atoms with E-state index in [2.05, 4.69) is 64.0 Å². The number of aromatic nitrogens is 5. The van der Waals surface area contributed by atoms with Crippen LogP contribution in [0.3, 0.4) is 0 Å². The number of H-pyrrole nitrogens is 1. The summed E-state index contributed by atoms with van der Waals surface area (Å²) in [6.45, 7) is 10.3. The Bertz CT molecular complexity index is 1310. The van der Waals surface area contributed by atoms with Gasteiger partial charge < -0.3 is 19.5 Å². The third-order valence-electron chi connectivity index (χ3n) is 6.93. The van der Waals surface area contributed by atoms with Crippen LogP contribution in [0.2, 0.25) is 0 Å². The van der Waals surface area contributed by atoms with Gasteiger partial charge in [-0.3, -0.25) is 4.90 Å². The topological polar surface area (TPSA) is 78.3 Å². The van der Waals surface area contributed by atoms with Crippen LogP contribution in [0.5, 0.6) is 0 Å². The molecule has 2 aliphatic rings. The molecular weight excluding hydrogens is 440 g/mol. The van der Waals surface area contributed by atoms with Crippen molar-refractivity contribution in [2.24, 2.45) is 0 Å². The molecule has 2 aliphatic heterocycles. The first kappa shape index (κ1) is 22.2. The van der Waals surface area contributed by atoms with E-state index in [9.17, 15) is 0 Å². The van der Waals surface area contributed by atoms with Gasteiger partial charge in [-0.25, -0.2) is 14.6 Å². The van der Waals surface area contributed by atoms with E-state index < -0.39 is 0 Å². The molecule has 0 saturated carbocycles. The Morgan fingerprint density at radius 1 is 0.971 bits per heavy atom. The molecule has 9 nitrogen and oxygen atoms in total. The van der Waals surface area contributed by atoms with Crippen LogP contribution in [0.25, 0.3) is 28.2 Å². The first-order valence-corrected chi connectivity index (χ1v) is 12.4. The van der Waals surface area contributed by atoms with Crippen molar-refractivity contribution in [2.45, 2.75) is 13.5 Å². The fourth-order valence-corrected chi connectivity index (χ4v) is 4.88. The minimum atomic E-state index is 0.723. The van der Waals surface area contributed by atoms with Crippen LogP contribution < -0.4 is 4.90 Å². The summed E-state index contributed by atoms with van der Waals surface area (Å²) >= 11 is 0. The van der Waals surface area contributed by atoms with Gasteiger partial charge in [0.15, 0.2) is 11.5 Å². The van der Waals surface area contributed by atoms with Crippen LogP contribution in [-0.4, -0.2) is 94.1 Å². The Morgan fingerprint density at radius 3 is 2.60 bits per heavy atom. The SMILES string of the molecule is Cc1cccc(-c2ccn(-c3cc(N4CCOCC4)c4[nH]c(CN5CCN(C)CC5)nc4n3)n2)c1. The number of pyridine rings is 1. The average Bonchev–Trinajstić information content (AvgIpc) is 3.53. The number of piperazine rings is 1. The summed E-state index contributed by atoms with van der Waals surface area (Å²) in [6.07, 6.45) is 1.98. The van der Waals surface area contributed by atoms with Crippen molar-refractivity contribution in [3.05, 3.63) is 54.0 Å². The minimum Gasteiger partial charge on any atom is -0.378 e. The number of hydrogen-bond donors (Lipinski definition) is 1. The fraction of sp³-hybridized carbons (Fsp3) is 0.423. The summed E-state index contributed by atoms with van der Waals surface area (Å²) in [5.41, 5.74) is 6.09. The summed E-state index contributed by atoms with van der Waals surface area (Å²) in [4.78, 5) is 20.6. The van der Waals surface area contributed by atoms with E-state index >= 15 is 0 Å². The van der Waals surface area contributed by atoms with Gasteiger partial charge in [0.25, 0.3) is 0 Å². The highest BCUT2D eigenvalue weighted by molar-refractivity contribution is 5.87. The predicted octanol–water partition coefficient (Wildman–Crippen LogP) is 2.70. The fourth-order valence-electron chi connectivity index (χ4n) is 4.88. The van der Waals surface area contributed by atoms with Gasteiger partial charge in [-0.15, -0.1) is 0 Å². The number of hydrogen-bond acceptors (Lipinski definition) is 7. The van der Waals surface area contributed by atoms with Gasteiger partial charge in [0.2, 0.25) is 0 Å². The molecule has 0 aliphatic carbocycles. The number of anilines is 1. The Hall–Kier alpha value is -3.27. The number of nitrogens with zero attached hydrogens (tertiary/aromatic N) is 7. The Morgan fingerprint density at radius 2 is 1.80 bits per heavy atom. The van der Waals surface area contributed by atoms with Crippen molar-refractivity contribution >= 4 is 16.9 Å². The van der Waals surface area contributed by atoms with Crippen LogP contribution >= 0.6 is 0 Å². The highest BCUT2D eigenvalue weighted by atomic mass is 16.5. The number of benzene rings is 1. The molecule has 35 heavy (non-hydrogen) atoms. The lowest BCUT2D eigenvalue weighted by Gasteiger charge is -2.31. The number of morpholine rings is 1. The largest absolute Gasteiger partial charge is 0.378 e. The summed E-state index contributed by atoms with van der Waals surface area (Å²) in [7, 11) is 2.18. The van der Waals surface area contributed by atoms with Crippen molar-refractivity contribution in [1.82, 2.24) is 34.5 Å². The zero-order valence-electron chi connectivity index (χ0n) is 20.4. The van der Waals surface area contributed by atoms with E-state index in [4.69, 9.17) is 19.8 Å². The lowest BCUT2D eigenvalue weighted by Crippen LogP contribution is -2.44. The number of fused-ring (bicyclic) bond motifs is 1. The van der Waals surface area contributed by atoms with Crippen LogP contribution in [0.1, 0.15) is 11.4 Å². The molecule has 0 unspecified atom stereocenters. The average molecular weight is 473 g/mol. The molecule has 1 N–H and O–H groups in total. The van der Waals surface area contributed by atoms with Gasteiger partial charge in [0.1, 0.15) is 11.3 Å².